The van der Waals surface area contributed by atoms with Crippen LogP contribution in [0.1, 0.15) is 14.5 Å². The summed E-state index contributed by atoms with van der Waals surface area (Å²) in [7, 11) is 0. The molecule has 0 spiro atoms. The van der Waals surface area contributed by atoms with E-state index >= 15 is 0 Å². The monoisotopic (exact) mass is 266 g/mol. The Morgan fingerprint density at radius 3 is 2.53 bits per heavy atom. The Morgan fingerprint density at radius 1 is 1.24 bits per heavy atom. The lowest BCUT2D eigenvalue weighted by Gasteiger charge is -1.99. The van der Waals surface area contributed by atoms with Gasteiger partial charge in [-0.05, 0) is 43.3 Å². The van der Waals surface area contributed by atoms with Gasteiger partial charge < -0.3 is 0 Å². The van der Waals surface area contributed by atoms with Crippen molar-refractivity contribution >= 4 is 28.9 Å². The first-order valence-electron chi connectivity index (χ1n) is 5.13. The van der Waals surface area contributed by atoms with Crippen molar-refractivity contribution in [1.29, 1.82) is 0 Å². The summed E-state index contributed by atoms with van der Waals surface area (Å²) >= 11 is 2.94. The zero-order valence-electron chi connectivity index (χ0n) is 9.27. The molecule has 0 aliphatic rings. The van der Waals surface area contributed by atoms with Gasteiger partial charge in [0, 0.05) is 9.77 Å². The third kappa shape index (κ3) is 3.41. The molecule has 0 aliphatic heterocycles. The Labute approximate surface area is 108 Å². The molecule has 0 fully saturated rings. The van der Waals surface area contributed by atoms with E-state index in [-0.39, 0.29) is 11.6 Å². The van der Waals surface area contributed by atoms with Crippen molar-refractivity contribution in [2.45, 2.75) is 11.8 Å². The number of hydrogen-bond donors (Lipinski definition) is 0. The van der Waals surface area contributed by atoms with E-state index < -0.39 is 0 Å². The molecule has 1 heterocycles. The van der Waals surface area contributed by atoms with Crippen LogP contribution in [0, 0.1) is 12.7 Å². The quantitative estimate of drug-likeness (QED) is 0.610. The van der Waals surface area contributed by atoms with E-state index in [1.165, 1.54) is 35.2 Å². The van der Waals surface area contributed by atoms with Crippen molar-refractivity contribution in [3.63, 3.8) is 0 Å². The first-order valence-corrected chi connectivity index (χ1v) is 6.93. The van der Waals surface area contributed by atoms with E-state index in [4.69, 9.17) is 0 Å². The van der Waals surface area contributed by atoms with Crippen molar-refractivity contribution in [2.75, 3.05) is 5.75 Å². The molecule has 2 aromatic rings. The average molecular weight is 266 g/mol. The largest absolute Gasteiger partial charge is 0.292 e. The summed E-state index contributed by atoms with van der Waals surface area (Å²) in [6.45, 7) is 1.98. The summed E-state index contributed by atoms with van der Waals surface area (Å²) < 4.78 is 12.7. The molecule has 0 unspecified atom stereocenters. The third-order valence-electron chi connectivity index (χ3n) is 2.20. The fraction of sp³-hybridized carbons (Fsp3) is 0.154. The summed E-state index contributed by atoms with van der Waals surface area (Å²) in [5, 5.41) is 0. The van der Waals surface area contributed by atoms with E-state index in [2.05, 4.69) is 0 Å². The Balaban J connectivity index is 1.94. The van der Waals surface area contributed by atoms with Crippen molar-refractivity contribution < 1.29 is 9.18 Å². The number of thioether (sulfide) groups is 1. The van der Waals surface area contributed by atoms with Crippen LogP contribution >= 0.6 is 23.1 Å². The first kappa shape index (κ1) is 12.3. The van der Waals surface area contributed by atoms with Gasteiger partial charge in [0.05, 0.1) is 10.6 Å². The lowest BCUT2D eigenvalue weighted by Crippen LogP contribution is -1.98. The standard InChI is InChI=1S/C13H11FOS2/c1-9-2-7-13(17-9)12(15)8-16-11-5-3-10(14)4-6-11/h2-7H,8H2,1H3. The van der Waals surface area contributed by atoms with Crippen LogP contribution in [-0.2, 0) is 0 Å². The van der Waals surface area contributed by atoms with Gasteiger partial charge >= 0.3 is 0 Å². The lowest BCUT2D eigenvalue weighted by atomic mass is 10.3. The number of Topliss-reactive ketones (excluding diaryl/α,β-unsaturated/α-hetero) is 1. The van der Waals surface area contributed by atoms with Crippen molar-refractivity contribution in [1.82, 2.24) is 0 Å². The van der Waals surface area contributed by atoms with Crippen LogP contribution in [-0.4, -0.2) is 11.5 Å². The molecule has 17 heavy (non-hydrogen) atoms. The maximum atomic E-state index is 12.7. The second-order valence-corrected chi connectivity index (χ2v) is 5.91. The Kier molecular flexibility index (Phi) is 3.97. The van der Waals surface area contributed by atoms with Crippen molar-refractivity contribution in [3.05, 3.63) is 52.0 Å². The highest BCUT2D eigenvalue weighted by atomic mass is 32.2. The fourth-order valence-electron chi connectivity index (χ4n) is 1.34. The van der Waals surface area contributed by atoms with Gasteiger partial charge in [0.25, 0.3) is 0 Å². The van der Waals surface area contributed by atoms with E-state index in [1.54, 1.807) is 12.1 Å². The minimum absolute atomic E-state index is 0.123. The minimum Gasteiger partial charge on any atom is -0.292 e. The van der Waals surface area contributed by atoms with Gasteiger partial charge in [-0.15, -0.1) is 23.1 Å². The predicted molar refractivity (Wildman–Crippen MR) is 70.5 cm³/mol. The SMILES string of the molecule is Cc1ccc(C(=O)CSc2ccc(F)cc2)s1. The number of thiophene rings is 1. The van der Waals surface area contributed by atoms with Gasteiger partial charge in [0.15, 0.2) is 5.78 Å². The van der Waals surface area contributed by atoms with Crippen LogP contribution in [0.2, 0.25) is 0 Å². The molecular formula is C13H11FOS2. The maximum absolute atomic E-state index is 12.7. The van der Waals surface area contributed by atoms with Gasteiger partial charge in [0.1, 0.15) is 5.82 Å². The van der Waals surface area contributed by atoms with Crippen molar-refractivity contribution in [3.8, 4) is 0 Å². The van der Waals surface area contributed by atoms with Crippen LogP contribution in [0.3, 0.4) is 0 Å². The minimum atomic E-state index is -0.255. The Morgan fingerprint density at radius 2 is 1.94 bits per heavy atom. The van der Waals surface area contributed by atoms with E-state index in [9.17, 15) is 9.18 Å². The van der Waals surface area contributed by atoms with Gasteiger partial charge in [-0.25, -0.2) is 4.39 Å². The highest BCUT2D eigenvalue weighted by molar-refractivity contribution is 8.00. The molecule has 0 amide bonds. The number of aryl methyl sites for hydroxylation is 1. The molecule has 0 N–H and O–H groups in total. The second-order valence-electron chi connectivity index (χ2n) is 3.58. The molecule has 0 aliphatic carbocycles. The molecule has 0 atom stereocenters. The Hall–Kier alpha value is -1.13. The molecule has 0 radical (unpaired) electrons. The normalized spacial score (nSPS) is 10.5. The topological polar surface area (TPSA) is 17.1 Å². The highest BCUT2D eigenvalue weighted by Gasteiger charge is 2.08. The summed E-state index contributed by atoms with van der Waals surface area (Å²) in [5.41, 5.74) is 0. The van der Waals surface area contributed by atoms with E-state index in [0.29, 0.717) is 5.75 Å². The van der Waals surface area contributed by atoms with Gasteiger partial charge in [-0.2, -0.15) is 0 Å². The number of rotatable bonds is 4. The molecule has 1 aromatic carbocycles. The first-order chi connectivity index (χ1) is 8.15. The molecule has 88 valence electrons. The zero-order chi connectivity index (χ0) is 12.3. The highest BCUT2D eigenvalue weighted by Crippen LogP contribution is 2.22. The van der Waals surface area contributed by atoms with Crippen LogP contribution in [0.15, 0.2) is 41.3 Å². The van der Waals surface area contributed by atoms with Crippen LogP contribution < -0.4 is 0 Å². The number of hydrogen-bond acceptors (Lipinski definition) is 3. The summed E-state index contributed by atoms with van der Waals surface area (Å²) in [4.78, 5) is 14.7. The van der Waals surface area contributed by atoms with Crippen molar-refractivity contribution in [2.24, 2.45) is 0 Å². The molecule has 1 aromatic heterocycles. The lowest BCUT2D eigenvalue weighted by molar-refractivity contribution is 0.102. The Bertz CT molecular complexity index is 516. The van der Waals surface area contributed by atoms with Crippen LogP contribution in [0.25, 0.3) is 0 Å². The van der Waals surface area contributed by atoms with Gasteiger partial charge in [-0.1, -0.05) is 0 Å². The van der Waals surface area contributed by atoms with Crippen LogP contribution in [0.4, 0.5) is 4.39 Å². The number of halogens is 1. The summed E-state index contributed by atoms with van der Waals surface area (Å²) in [5.74, 6) is 0.262. The molecule has 1 nitrogen and oxygen atoms in total. The molecule has 4 heteroatoms. The predicted octanol–water partition coefficient (Wildman–Crippen LogP) is 4.17. The van der Waals surface area contributed by atoms with Gasteiger partial charge in [-0.3, -0.25) is 4.79 Å². The van der Waals surface area contributed by atoms with Gasteiger partial charge in [0.2, 0.25) is 0 Å². The zero-order valence-corrected chi connectivity index (χ0v) is 10.9. The number of ketones is 1. The molecule has 2 rings (SSSR count). The smallest absolute Gasteiger partial charge is 0.182 e. The van der Waals surface area contributed by atoms with E-state index in [1.807, 2.05) is 19.1 Å². The molecule has 0 saturated heterocycles. The van der Waals surface area contributed by atoms with Crippen LogP contribution in [0.5, 0.6) is 0 Å². The summed E-state index contributed by atoms with van der Waals surface area (Å²) in [6, 6.07) is 9.98. The fourth-order valence-corrected chi connectivity index (χ4v) is 3.01. The number of carbonyl (C=O) groups excluding carboxylic acids is 1. The molecular weight excluding hydrogens is 255 g/mol. The number of carbonyl (C=O) groups is 1. The maximum Gasteiger partial charge on any atom is 0.182 e. The summed E-state index contributed by atoms with van der Waals surface area (Å²) in [6.07, 6.45) is 0. The van der Waals surface area contributed by atoms with E-state index in [0.717, 1.165) is 14.6 Å². The average Bonchev–Trinajstić information content (AvgIpc) is 2.75. The third-order valence-corrected chi connectivity index (χ3v) is 4.25. The second kappa shape index (κ2) is 5.47. The molecule has 0 saturated carbocycles. The molecule has 0 bridgehead atoms. The number of benzene rings is 1.